The summed E-state index contributed by atoms with van der Waals surface area (Å²) in [5, 5.41) is 0. The summed E-state index contributed by atoms with van der Waals surface area (Å²) in [6, 6.07) is 16.1. The Labute approximate surface area is 156 Å². The van der Waals surface area contributed by atoms with Gasteiger partial charge in [-0.15, -0.1) is 0 Å². The van der Waals surface area contributed by atoms with Gasteiger partial charge in [0.15, 0.2) is 11.5 Å². The van der Waals surface area contributed by atoms with Gasteiger partial charge in [0.2, 0.25) is 0 Å². The number of quaternary nitrogens is 1. The van der Waals surface area contributed by atoms with Crippen LogP contribution < -0.4 is 24.0 Å². The number of ether oxygens (including phenoxy) is 3. The third-order valence-corrected chi connectivity index (χ3v) is 4.76. The largest absolute Gasteiger partial charge is 0.495 e. The van der Waals surface area contributed by atoms with E-state index in [2.05, 4.69) is 17.0 Å². The van der Waals surface area contributed by atoms with Crippen molar-refractivity contribution in [2.24, 2.45) is 0 Å². The molecular weight excluding hydrogens is 328 g/mol. The van der Waals surface area contributed by atoms with Crippen molar-refractivity contribution in [3.8, 4) is 17.2 Å². The Hall–Kier alpha value is -2.40. The molecule has 5 nitrogen and oxygen atoms in total. The SMILES string of the molecule is CCOc1ccccc1OCC[NH+]1CCN(c2ccccc2OC)CC1. The maximum absolute atomic E-state index is 5.96. The van der Waals surface area contributed by atoms with Gasteiger partial charge in [0.1, 0.15) is 18.9 Å². The Morgan fingerprint density at radius 3 is 2.15 bits per heavy atom. The first-order chi connectivity index (χ1) is 12.8. The number of nitrogens with zero attached hydrogens (tertiary/aromatic N) is 1. The zero-order chi connectivity index (χ0) is 18.2. The minimum absolute atomic E-state index is 0.649. The molecule has 1 aliphatic rings. The van der Waals surface area contributed by atoms with E-state index in [1.165, 1.54) is 5.69 Å². The zero-order valence-corrected chi connectivity index (χ0v) is 15.7. The standard InChI is InChI=1S/C21H28N2O3/c1-3-25-20-10-6-7-11-21(20)26-17-16-22-12-14-23(15-13-22)18-8-4-5-9-19(18)24-2/h4-11H,3,12-17H2,1-2H3/p+1. The molecule has 0 spiro atoms. The van der Waals surface area contributed by atoms with Crippen molar-refractivity contribution >= 4 is 5.69 Å². The zero-order valence-electron chi connectivity index (χ0n) is 15.7. The molecule has 1 saturated heterocycles. The molecule has 2 aromatic rings. The van der Waals surface area contributed by atoms with Crippen LogP contribution in [-0.2, 0) is 0 Å². The van der Waals surface area contributed by atoms with Crippen LogP contribution in [0.5, 0.6) is 17.2 Å². The van der Waals surface area contributed by atoms with Crippen molar-refractivity contribution in [1.29, 1.82) is 0 Å². The summed E-state index contributed by atoms with van der Waals surface area (Å²) in [6.07, 6.45) is 0. The van der Waals surface area contributed by atoms with Gasteiger partial charge < -0.3 is 24.0 Å². The maximum Gasteiger partial charge on any atom is 0.161 e. The first-order valence-corrected chi connectivity index (χ1v) is 9.38. The van der Waals surface area contributed by atoms with Crippen LogP contribution in [0.4, 0.5) is 5.69 Å². The minimum Gasteiger partial charge on any atom is -0.495 e. The fourth-order valence-electron chi connectivity index (χ4n) is 3.35. The number of methoxy groups -OCH3 is 1. The molecule has 0 bridgehead atoms. The van der Waals surface area contributed by atoms with Crippen molar-refractivity contribution < 1.29 is 19.1 Å². The first-order valence-electron chi connectivity index (χ1n) is 9.38. The lowest BCUT2D eigenvalue weighted by atomic mass is 10.2. The Morgan fingerprint density at radius 1 is 0.885 bits per heavy atom. The van der Waals surface area contributed by atoms with Gasteiger partial charge in [-0.1, -0.05) is 24.3 Å². The average molecular weight is 357 g/mol. The topological polar surface area (TPSA) is 35.4 Å². The molecular formula is C21H29N2O3+. The van der Waals surface area contributed by atoms with Crippen molar-refractivity contribution in [2.45, 2.75) is 6.92 Å². The van der Waals surface area contributed by atoms with Crippen molar-refractivity contribution in [3.05, 3.63) is 48.5 Å². The van der Waals surface area contributed by atoms with E-state index in [1.807, 2.05) is 43.3 Å². The number of hydrogen-bond acceptors (Lipinski definition) is 4. The van der Waals surface area contributed by atoms with E-state index in [9.17, 15) is 0 Å². The quantitative estimate of drug-likeness (QED) is 0.782. The molecule has 0 unspecified atom stereocenters. The highest BCUT2D eigenvalue weighted by molar-refractivity contribution is 5.58. The van der Waals surface area contributed by atoms with Crippen molar-refractivity contribution in [1.82, 2.24) is 0 Å². The van der Waals surface area contributed by atoms with Gasteiger partial charge in [0.25, 0.3) is 0 Å². The fraction of sp³-hybridized carbons (Fsp3) is 0.429. The Balaban J connectivity index is 1.46. The van der Waals surface area contributed by atoms with Crippen LogP contribution in [0.15, 0.2) is 48.5 Å². The van der Waals surface area contributed by atoms with Crippen LogP contribution >= 0.6 is 0 Å². The molecule has 1 fully saturated rings. The summed E-state index contributed by atoms with van der Waals surface area (Å²) in [7, 11) is 1.73. The highest BCUT2D eigenvalue weighted by atomic mass is 16.5. The Bertz CT molecular complexity index is 684. The number of para-hydroxylation sites is 4. The summed E-state index contributed by atoms with van der Waals surface area (Å²) in [5.41, 5.74) is 1.19. The molecule has 1 N–H and O–H groups in total. The number of hydrogen-bond donors (Lipinski definition) is 1. The van der Waals surface area contributed by atoms with Gasteiger partial charge in [0, 0.05) is 0 Å². The fourth-order valence-corrected chi connectivity index (χ4v) is 3.35. The lowest BCUT2D eigenvalue weighted by Crippen LogP contribution is -3.15. The molecule has 2 aromatic carbocycles. The molecule has 26 heavy (non-hydrogen) atoms. The van der Waals surface area contributed by atoms with Gasteiger partial charge in [-0.25, -0.2) is 0 Å². The maximum atomic E-state index is 5.96. The average Bonchev–Trinajstić information content (AvgIpc) is 2.70. The van der Waals surface area contributed by atoms with E-state index < -0.39 is 0 Å². The van der Waals surface area contributed by atoms with Crippen LogP contribution in [0.3, 0.4) is 0 Å². The molecule has 1 heterocycles. The molecule has 0 aromatic heterocycles. The van der Waals surface area contributed by atoms with E-state index >= 15 is 0 Å². The van der Waals surface area contributed by atoms with Crippen molar-refractivity contribution in [2.75, 3.05) is 57.9 Å². The highest BCUT2D eigenvalue weighted by Crippen LogP contribution is 2.27. The number of nitrogens with one attached hydrogen (secondary N) is 1. The molecule has 0 atom stereocenters. The molecule has 5 heteroatoms. The summed E-state index contributed by atoms with van der Waals surface area (Å²) >= 11 is 0. The predicted molar refractivity (Wildman–Crippen MR) is 104 cm³/mol. The summed E-state index contributed by atoms with van der Waals surface area (Å²) < 4.78 is 17.1. The molecule has 140 valence electrons. The Kier molecular flexibility index (Phi) is 6.61. The van der Waals surface area contributed by atoms with Gasteiger partial charge in [-0.3, -0.25) is 0 Å². The molecule has 0 radical (unpaired) electrons. The third kappa shape index (κ3) is 4.61. The molecule has 1 aliphatic heterocycles. The monoisotopic (exact) mass is 357 g/mol. The van der Waals surface area contributed by atoms with E-state index in [0.717, 1.165) is 50.0 Å². The van der Waals surface area contributed by atoms with Crippen LogP contribution in [0, 0.1) is 0 Å². The van der Waals surface area contributed by atoms with Crippen LogP contribution in [0.2, 0.25) is 0 Å². The van der Waals surface area contributed by atoms with E-state index in [0.29, 0.717) is 13.2 Å². The second-order valence-electron chi connectivity index (χ2n) is 6.39. The third-order valence-electron chi connectivity index (χ3n) is 4.76. The van der Waals surface area contributed by atoms with Gasteiger partial charge in [-0.2, -0.15) is 0 Å². The van der Waals surface area contributed by atoms with E-state index in [1.54, 1.807) is 12.0 Å². The Morgan fingerprint density at radius 2 is 1.50 bits per heavy atom. The number of benzene rings is 2. The van der Waals surface area contributed by atoms with Crippen LogP contribution in [-0.4, -0.2) is 53.0 Å². The number of anilines is 1. The summed E-state index contributed by atoms with van der Waals surface area (Å²) in [4.78, 5) is 3.98. The molecule has 3 rings (SSSR count). The van der Waals surface area contributed by atoms with Gasteiger partial charge in [-0.05, 0) is 31.2 Å². The number of rotatable bonds is 8. The van der Waals surface area contributed by atoms with Crippen LogP contribution in [0.1, 0.15) is 6.92 Å². The molecule has 0 amide bonds. The second-order valence-corrected chi connectivity index (χ2v) is 6.39. The lowest BCUT2D eigenvalue weighted by molar-refractivity contribution is -0.900. The minimum atomic E-state index is 0.649. The van der Waals surface area contributed by atoms with Crippen LogP contribution in [0.25, 0.3) is 0 Å². The van der Waals surface area contributed by atoms with Gasteiger partial charge >= 0.3 is 0 Å². The predicted octanol–water partition coefficient (Wildman–Crippen LogP) is 1.88. The number of piperazine rings is 1. The molecule has 0 aliphatic carbocycles. The molecule has 0 saturated carbocycles. The summed E-state index contributed by atoms with van der Waals surface area (Å²) in [5.74, 6) is 2.61. The highest BCUT2D eigenvalue weighted by Gasteiger charge is 2.22. The lowest BCUT2D eigenvalue weighted by Gasteiger charge is -2.34. The van der Waals surface area contributed by atoms with Crippen molar-refractivity contribution in [3.63, 3.8) is 0 Å². The smallest absolute Gasteiger partial charge is 0.161 e. The van der Waals surface area contributed by atoms with E-state index in [-0.39, 0.29) is 0 Å². The van der Waals surface area contributed by atoms with E-state index in [4.69, 9.17) is 14.2 Å². The normalized spacial score (nSPS) is 14.9. The van der Waals surface area contributed by atoms with Gasteiger partial charge in [0.05, 0.1) is 45.6 Å². The first kappa shape index (κ1) is 18.4. The second kappa shape index (κ2) is 9.34. The summed E-state index contributed by atoms with van der Waals surface area (Å²) in [6.45, 7) is 8.62.